The molecule has 1 atom stereocenters. The van der Waals surface area contributed by atoms with Crippen molar-refractivity contribution in [3.8, 4) is 0 Å². The van der Waals surface area contributed by atoms with Gasteiger partial charge >= 0.3 is 0 Å². The number of hydrogen-bond acceptors (Lipinski definition) is 2. The van der Waals surface area contributed by atoms with Crippen LogP contribution in [0.25, 0.3) is 0 Å². The average molecular weight is 247 g/mol. The van der Waals surface area contributed by atoms with E-state index < -0.39 is 5.60 Å². The third-order valence-electron chi connectivity index (χ3n) is 4.18. The highest BCUT2D eigenvalue weighted by molar-refractivity contribution is 5.28. The molecule has 1 fully saturated rings. The highest BCUT2D eigenvalue weighted by Gasteiger charge is 2.29. The van der Waals surface area contributed by atoms with Crippen LogP contribution in [0.1, 0.15) is 56.2 Å². The number of aryl methyl sites for hydroxylation is 1. The van der Waals surface area contributed by atoms with Gasteiger partial charge in [0.2, 0.25) is 0 Å². The van der Waals surface area contributed by atoms with Crippen molar-refractivity contribution in [2.75, 3.05) is 6.54 Å². The van der Waals surface area contributed by atoms with Gasteiger partial charge in [-0.2, -0.15) is 0 Å². The molecule has 1 aromatic rings. The van der Waals surface area contributed by atoms with Crippen LogP contribution in [-0.4, -0.2) is 17.3 Å². The molecule has 0 aromatic heterocycles. The second-order valence-corrected chi connectivity index (χ2v) is 5.74. The number of hydrogen-bond donors (Lipinski definition) is 2. The van der Waals surface area contributed by atoms with Gasteiger partial charge in [0.15, 0.2) is 0 Å². The van der Waals surface area contributed by atoms with E-state index in [4.69, 9.17) is 0 Å². The molecule has 2 nitrogen and oxygen atoms in total. The standard InChI is InChI=1S/C16H25NO/c1-13-8-4-5-9-15(13)14(2)17-12-16(18)10-6-3-7-11-16/h4-5,8-9,14,17-18H,3,6-7,10-12H2,1-2H3. The zero-order valence-electron chi connectivity index (χ0n) is 11.6. The quantitative estimate of drug-likeness (QED) is 0.855. The lowest BCUT2D eigenvalue weighted by molar-refractivity contribution is 0.00299. The van der Waals surface area contributed by atoms with Crippen molar-refractivity contribution in [2.24, 2.45) is 0 Å². The Labute approximate surface area is 110 Å². The Kier molecular flexibility index (Phi) is 4.41. The lowest BCUT2D eigenvalue weighted by Gasteiger charge is -2.33. The van der Waals surface area contributed by atoms with Crippen molar-refractivity contribution in [3.05, 3.63) is 35.4 Å². The Morgan fingerprint density at radius 3 is 2.56 bits per heavy atom. The molecule has 2 heteroatoms. The zero-order valence-corrected chi connectivity index (χ0v) is 11.6. The number of rotatable bonds is 4. The summed E-state index contributed by atoms with van der Waals surface area (Å²) in [7, 11) is 0. The van der Waals surface area contributed by atoms with Gasteiger partial charge in [-0.05, 0) is 37.8 Å². The Balaban J connectivity index is 1.92. The molecule has 1 aromatic carbocycles. The van der Waals surface area contributed by atoms with Crippen LogP contribution in [0.4, 0.5) is 0 Å². The highest BCUT2D eigenvalue weighted by Crippen LogP contribution is 2.28. The van der Waals surface area contributed by atoms with Gasteiger partial charge in [0, 0.05) is 12.6 Å². The normalized spacial score (nSPS) is 20.6. The predicted molar refractivity (Wildman–Crippen MR) is 75.6 cm³/mol. The Hall–Kier alpha value is -0.860. The third-order valence-corrected chi connectivity index (χ3v) is 4.18. The van der Waals surface area contributed by atoms with Crippen molar-refractivity contribution in [3.63, 3.8) is 0 Å². The summed E-state index contributed by atoms with van der Waals surface area (Å²) in [6.07, 6.45) is 5.49. The minimum atomic E-state index is -0.477. The van der Waals surface area contributed by atoms with Gasteiger partial charge in [-0.15, -0.1) is 0 Å². The van der Waals surface area contributed by atoms with Gasteiger partial charge in [-0.3, -0.25) is 0 Å². The molecule has 100 valence electrons. The van der Waals surface area contributed by atoms with Crippen molar-refractivity contribution in [1.82, 2.24) is 5.32 Å². The summed E-state index contributed by atoms with van der Waals surface area (Å²) in [5, 5.41) is 14.0. The molecule has 0 heterocycles. The first kappa shape index (κ1) is 13.6. The Morgan fingerprint density at radius 2 is 1.89 bits per heavy atom. The maximum atomic E-state index is 10.5. The molecule has 2 N–H and O–H groups in total. The largest absolute Gasteiger partial charge is 0.389 e. The molecule has 0 aliphatic heterocycles. The van der Waals surface area contributed by atoms with E-state index in [0.29, 0.717) is 12.6 Å². The van der Waals surface area contributed by atoms with E-state index in [2.05, 4.69) is 43.4 Å². The minimum absolute atomic E-state index is 0.303. The van der Waals surface area contributed by atoms with Crippen molar-refractivity contribution in [1.29, 1.82) is 0 Å². The minimum Gasteiger partial charge on any atom is -0.389 e. The highest BCUT2D eigenvalue weighted by atomic mass is 16.3. The van der Waals surface area contributed by atoms with E-state index in [1.54, 1.807) is 0 Å². The second kappa shape index (κ2) is 5.85. The van der Waals surface area contributed by atoms with Crippen LogP contribution in [0, 0.1) is 6.92 Å². The van der Waals surface area contributed by atoms with E-state index >= 15 is 0 Å². The third kappa shape index (κ3) is 3.33. The van der Waals surface area contributed by atoms with Crippen LogP contribution in [0.15, 0.2) is 24.3 Å². The van der Waals surface area contributed by atoms with Crippen LogP contribution in [-0.2, 0) is 0 Å². The molecule has 0 radical (unpaired) electrons. The summed E-state index contributed by atoms with van der Waals surface area (Å²) < 4.78 is 0. The number of nitrogens with one attached hydrogen (secondary N) is 1. The molecular weight excluding hydrogens is 222 g/mol. The molecule has 1 aliphatic carbocycles. The smallest absolute Gasteiger partial charge is 0.0771 e. The number of benzene rings is 1. The van der Waals surface area contributed by atoms with Crippen LogP contribution >= 0.6 is 0 Å². The lowest BCUT2D eigenvalue weighted by Crippen LogP contribution is -2.42. The van der Waals surface area contributed by atoms with Gasteiger partial charge in [-0.25, -0.2) is 0 Å². The van der Waals surface area contributed by atoms with Crippen LogP contribution < -0.4 is 5.32 Å². The first-order chi connectivity index (χ1) is 8.61. The maximum Gasteiger partial charge on any atom is 0.0771 e. The fraction of sp³-hybridized carbons (Fsp3) is 0.625. The zero-order chi connectivity index (χ0) is 13.0. The molecule has 18 heavy (non-hydrogen) atoms. The topological polar surface area (TPSA) is 32.3 Å². The molecule has 0 spiro atoms. The summed E-state index contributed by atoms with van der Waals surface area (Å²) in [5.74, 6) is 0. The summed E-state index contributed by atoms with van der Waals surface area (Å²) in [6, 6.07) is 8.76. The summed E-state index contributed by atoms with van der Waals surface area (Å²) in [4.78, 5) is 0. The van der Waals surface area contributed by atoms with Gasteiger partial charge in [-0.1, -0.05) is 43.5 Å². The summed E-state index contributed by atoms with van der Waals surface area (Å²) in [5.41, 5.74) is 2.17. The molecule has 0 amide bonds. The SMILES string of the molecule is Cc1ccccc1C(C)NCC1(O)CCCCC1. The van der Waals surface area contributed by atoms with Crippen molar-refractivity contribution >= 4 is 0 Å². The Bertz CT molecular complexity index is 382. The molecule has 0 bridgehead atoms. The van der Waals surface area contributed by atoms with E-state index in [0.717, 1.165) is 25.7 Å². The van der Waals surface area contributed by atoms with E-state index in [1.165, 1.54) is 17.5 Å². The van der Waals surface area contributed by atoms with Crippen LogP contribution in [0.3, 0.4) is 0 Å². The Morgan fingerprint density at radius 1 is 1.22 bits per heavy atom. The van der Waals surface area contributed by atoms with Crippen LogP contribution in [0.5, 0.6) is 0 Å². The first-order valence-corrected chi connectivity index (χ1v) is 7.12. The van der Waals surface area contributed by atoms with Gasteiger partial charge in [0.05, 0.1) is 5.60 Å². The predicted octanol–water partition coefficient (Wildman–Crippen LogP) is 3.34. The molecule has 1 saturated carbocycles. The van der Waals surface area contributed by atoms with Crippen LogP contribution in [0.2, 0.25) is 0 Å². The maximum absolute atomic E-state index is 10.5. The van der Waals surface area contributed by atoms with E-state index in [9.17, 15) is 5.11 Å². The van der Waals surface area contributed by atoms with E-state index in [-0.39, 0.29) is 0 Å². The fourth-order valence-corrected chi connectivity index (χ4v) is 2.91. The van der Waals surface area contributed by atoms with Gasteiger partial charge in [0.1, 0.15) is 0 Å². The average Bonchev–Trinajstić information content (AvgIpc) is 2.38. The molecule has 1 unspecified atom stereocenters. The monoisotopic (exact) mass is 247 g/mol. The summed E-state index contributed by atoms with van der Waals surface area (Å²) >= 11 is 0. The first-order valence-electron chi connectivity index (χ1n) is 7.12. The molecule has 0 saturated heterocycles. The van der Waals surface area contributed by atoms with Gasteiger partial charge in [0.25, 0.3) is 0 Å². The molecular formula is C16H25NO. The van der Waals surface area contributed by atoms with Crippen molar-refractivity contribution < 1.29 is 5.11 Å². The van der Waals surface area contributed by atoms with Crippen molar-refractivity contribution in [2.45, 2.75) is 57.6 Å². The fourth-order valence-electron chi connectivity index (χ4n) is 2.91. The van der Waals surface area contributed by atoms with Gasteiger partial charge < -0.3 is 10.4 Å². The second-order valence-electron chi connectivity index (χ2n) is 5.74. The van der Waals surface area contributed by atoms with E-state index in [1.807, 2.05) is 0 Å². The lowest BCUT2D eigenvalue weighted by atomic mass is 9.84. The molecule has 1 aliphatic rings. The summed E-state index contributed by atoms with van der Waals surface area (Å²) in [6.45, 7) is 5.03. The molecule has 2 rings (SSSR count). The number of aliphatic hydroxyl groups is 1.